The minimum Gasteiger partial charge on any atom is -0.497 e. The SMILES string of the molecule is COc1ccc(NC(=O)[C@](F)(OC(F)(F)[C@@](F)(OC(F)(F)C(F)(F)C(F)(F)F)C(F)(F)F)C(F)(F)F)cc1. The Kier molecular flexibility index (Phi) is 8.54. The molecule has 0 fully saturated rings. The molecule has 0 aliphatic rings. The zero-order valence-corrected chi connectivity index (χ0v) is 17.4. The van der Waals surface area contributed by atoms with Gasteiger partial charge in [-0.05, 0) is 24.3 Å². The Labute approximate surface area is 197 Å². The zero-order chi connectivity index (χ0) is 30.4. The van der Waals surface area contributed by atoms with Crippen LogP contribution in [0.3, 0.4) is 0 Å². The molecule has 0 saturated heterocycles. The van der Waals surface area contributed by atoms with E-state index in [2.05, 4.69) is 4.74 Å². The van der Waals surface area contributed by atoms with E-state index in [0.29, 0.717) is 12.1 Å². The molecule has 0 unspecified atom stereocenters. The van der Waals surface area contributed by atoms with Crippen molar-refractivity contribution in [1.29, 1.82) is 0 Å². The van der Waals surface area contributed by atoms with Crippen molar-refractivity contribution in [3.63, 3.8) is 0 Å². The lowest BCUT2D eigenvalue weighted by atomic mass is 10.2. The molecule has 0 aromatic heterocycles. The smallest absolute Gasteiger partial charge is 0.462 e. The number of anilines is 1. The number of carbonyl (C=O) groups excluding carboxylic acids is 1. The minimum absolute atomic E-state index is 0.0887. The van der Waals surface area contributed by atoms with Gasteiger partial charge in [-0.2, -0.15) is 74.6 Å². The summed E-state index contributed by atoms with van der Waals surface area (Å²) in [7, 11) is 1.04. The van der Waals surface area contributed by atoms with Crippen molar-refractivity contribution in [3.05, 3.63) is 24.3 Å². The molecule has 1 aromatic rings. The van der Waals surface area contributed by atoms with E-state index in [1.807, 2.05) is 4.74 Å². The molecule has 0 heterocycles. The third-order valence-electron chi connectivity index (χ3n) is 4.00. The van der Waals surface area contributed by atoms with E-state index in [4.69, 9.17) is 0 Å². The van der Waals surface area contributed by atoms with Gasteiger partial charge in [-0.15, -0.1) is 0 Å². The number of hydrogen-bond acceptors (Lipinski definition) is 4. The predicted octanol–water partition coefficient (Wildman–Crippen LogP) is 6.51. The summed E-state index contributed by atoms with van der Waals surface area (Å²) in [4.78, 5) is 11.7. The fourth-order valence-corrected chi connectivity index (χ4v) is 2.05. The number of nitrogens with one attached hydrogen (secondary N) is 1. The molecule has 0 spiro atoms. The highest BCUT2D eigenvalue weighted by Gasteiger charge is 2.85. The van der Waals surface area contributed by atoms with Gasteiger partial charge >= 0.3 is 48.4 Å². The molecule has 38 heavy (non-hydrogen) atoms. The monoisotopic (exact) mass is 601 g/mol. The van der Waals surface area contributed by atoms with Gasteiger partial charge in [-0.1, -0.05) is 0 Å². The molecule has 1 rings (SSSR count). The van der Waals surface area contributed by atoms with Crippen molar-refractivity contribution < 1.29 is 93.6 Å². The van der Waals surface area contributed by atoms with Crippen molar-refractivity contribution in [2.45, 2.75) is 48.4 Å². The fourth-order valence-electron chi connectivity index (χ4n) is 2.05. The minimum atomic E-state index is -8.07. The molecule has 1 N–H and O–H groups in total. The van der Waals surface area contributed by atoms with Gasteiger partial charge in [0, 0.05) is 5.69 Å². The molecule has 22 heteroatoms. The van der Waals surface area contributed by atoms with Crippen LogP contribution < -0.4 is 10.1 Å². The summed E-state index contributed by atoms with van der Waals surface area (Å²) in [6.45, 7) is 0. The number of benzene rings is 1. The number of methoxy groups -OCH3 is 1. The molecule has 0 radical (unpaired) electrons. The molecule has 5 nitrogen and oxygen atoms in total. The number of carbonyl (C=O) groups is 1. The maximum atomic E-state index is 14.4. The molecular formula is C16H8F17NO4. The number of ether oxygens (including phenoxy) is 3. The lowest BCUT2D eigenvalue weighted by molar-refractivity contribution is -0.548. The Morgan fingerprint density at radius 2 is 1.08 bits per heavy atom. The van der Waals surface area contributed by atoms with Crippen molar-refractivity contribution >= 4 is 11.6 Å². The van der Waals surface area contributed by atoms with Gasteiger partial charge in [0.05, 0.1) is 7.11 Å². The average Bonchev–Trinajstić information content (AvgIpc) is 2.70. The third kappa shape index (κ3) is 5.94. The van der Waals surface area contributed by atoms with E-state index in [-0.39, 0.29) is 5.75 Å². The van der Waals surface area contributed by atoms with Gasteiger partial charge in [0.25, 0.3) is 5.91 Å². The Morgan fingerprint density at radius 1 is 0.632 bits per heavy atom. The van der Waals surface area contributed by atoms with Crippen LogP contribution in [-0.2, 0) is 14.3 Å². The summed E-state index contributed by atoms with van der Waals surface area (Å²) in [5.41, 5.74) is -0.955. The number of halogens is 17. The van der Waals surface area contributed by atoms with Crippen molar-refractivity contribution in [2.24, 2.45) is 0 Å². The van der Waals surface area contributed by atoms with Gasteiger partial charge in [0.1, 0.15) is 5.75 Å². The predicted molar refractivity (Wildman–Crippen MR) is 84.5 cm³/mol. The van der Waals surface area contributed by atoms with Crippen LogP contribution in [0.25, 0.3) is 0 Å². The first-order chi connectivity index (χ1) is 16.6. The second-order valence-electron chi connectivity index (χ2n) is 6.68. The van der Waals surface area contributed by atoms with Gasteiger partial charge < -0.3 is 10.1 Å². The Hall–Kier alpha value is -2.78. The van der Waals surface area contributed by atoms with Crippen LogP contribution >= 0.6 is 0 Å². The quantitative estimate of drug-likeness (QED) is 0.329. The van der Waals surface area contributed by atoms with Crippen molar-refractivity contribution in [3.8, 4) is 5.75 Å². The van der Waals surface area contributed by atoms with Gasteiger partial charge in [-0.3, -0.25) is 14.3 Å². The average molecular weight is 601 g/mol. The highest BCUT2D eigenvalue weighted by Crippen LogP contribution is 2.56. The summed E-state index contributed by atoms with van der Waals surface area (Å²) < 4.78 is 231. The second kappa shape index (κ2) is 9.75. The summed E-state index contributed by atoms with van der Waals surface area (Å²) in [5, 5.41) is 0.836. The van der Waals surface area contributed by atoms with E-state index < -0.39 is 60.0 Å². The van der Waals surface area contributed by atoms with Crippen LogP contribution in [0.4, 0.5) is 80.3 Å². The normalized spacial score (nSPS) is 17.4. The molecular weight excluding hydrogens is 593 g/mol. The number of rotatable bonds is 9. The molecule has 0 bridgehead atoms. The molecule has 1 amide bonds. The number of alkyl halides is 17. The first kappa shape index (κ1) is 33.2. The lowest BCUT2D eigenvalue weighted by Gasteiger charge is -2.40. The molecule has 0 saturated carbocycles. The van der Waals surface area contributed by atoms with Crippen LogP contribution in [0.5, 0.6) is 5.75 Å². The fraction of sp³-hybridized carbons (Fsp3) is 0.562. The molecule has 1 aromatic carbocycles. The van der Waals surface area contributed by atoms with E-state index in [0.717, 1.165) is 24.6 Å². The summed E-state index contributed by atoms with van der Waals surface area (Å²) in [6, 6.07) is 2.80. The summed E-state index contributed by atoms with van der Waals surface area (Å²) in [6.07, 6.45) is -38.6. The Bertz CT molecular complexity index is 988. The van der Waals surface area contributed by atoms with Crippen LogP contribution in [-0.4, -0.2) is 61.4 Å². The highest BCUT2D eigenvalue weighted by molar-refractivity contribution is 5.96. The van der Waals surface area contributed by atoms with Gasteiger partial charge in [0.2, 0.25) is 0 Å². The standard InChI is InChI=1S/C16H8F17NO4/c1-36-7-4-2-6(3-5-7)34-8(35)9(17,12(21,22)23)37-16(32,33)11(20,14(27,28)29)38-15(30,31)10(18,19)13(24,25)26/h2-5H,1H3,(H,34,35)/t9-,11-/m0/s1. The van der Waals surface area contributed by atoms with Crippen molar-refractivity contribution in [1.82, 2.24) is 0 Å². The zero-order valence-electron chi connectivity index (χ0n) is 17.4. The molecule has 0 aliphatic carbocycles. The van der Waals surface area contributed by atoms with Gasteiger partial charge in [-0.25, -0.2) is 0 Å². The first-order valence-electron chi connectivity index (χ1n) is 8.67. The molecule has 0 aliphatic heterocycles. The second-order valence-corrected chi connectivity index (χ2v) is 6.68. The Morgan fingerprint density at radius 3 is 1.42 bits per heavy atom. The first-order valence-corrected chi connectivity index (χ1v) is 8.67. The van der Waals surface area contributed by atoms with E-state index in [1.54, 1.807) is 0 Å². The van der Waals surface area contributed by atoms with E-state index in [9.17, 15) is 79.4 Å². The molecule has 220 valence electrons. The maximum Gasteiger partial charge on any atom is 0.462 e. The summed E-state index contributed by atoms with van der Waals surface area (Å²) in [5.74, 6) is -26.4. The third-order valence-corrected chi connectivity index (χ3v) is 4.00. The largest absolute Gasteiger partial charge is 0.497 e. The maximum absolute atomic E-state index is 14.4. The van der Waals surface area contributed by atoms with Crippen LogP contribution in [0.15, 0.2) is 24.3 Å². The molecule has 2 atom stereocenters. The van der Waals surface area contributed by atoms with Crippen molar-refractivity contribution in [2.75, 3.05) is 12.4 Å². The Balaban J connectivity index is 3.59. The number of hydrogen-bond donors (Lipinski definition) is 1. The van der Waals surface area contributed by atoms with Crippen LogP contribution in [0.2, 0.25) is 0 Å². The van der Waals surface area contributed by atoms with E-state index >= 15 is 0 Å². The topological polar surface area (TPSA) is 56.8 Å². The summed E-state index contributed by atoms with van der Waals surface area (Å²) >= 11 is 0. The van der Waals surface area contributed by atoms with Crippen LogP contribution in [0.1, 0.15) is 0 Å². The number of amides is 1. The van der Waals surface area contributed by atoms with Crippen LogP contribution in [0, 0.1) is 0 Å². The van der Waals surface area contributed by atoms with Gasteiger partial charge in [0.15, 0.2) is 0 Å². The van der Waals surface area contributed by atoms with E-state index in [1.165, 1.54) is 4.74 Å². The lowest BCUT2D eigenvalue weighted by Crippen LogP contribution is -2.68. The highest BCUT2D eigenvalue weighted by atomic mass is 19.4.